The number of rotatable bonds is 9. The van der Waals surface area contributed by atoms with E-state index in [0.717, 1.165) is 17.5 Å². The molecule has 0 heterocycles. The first-order valence-electron chi connectivity index (χ1n) is 8.09. The van der Waals surface area contributed by atoms with Gasteiger partial charge in [-0.15, -0.1) is 24.0 Å². The maximum absolute atomic E-state index is 13.1. The average molecular weight is 466 g/mol. The zero-order valence-electron chi connectivity index (χ0n) is 15.0. The van der Waals surface area contributed by atoms with Crippen LogP contribution in [0.3, 0.4) is 0 Å². The predicted molar refractivity (Wildman–Crippen MR) is 109 cm³/mol. The summed E-state index contributed by atoms with van der Waals surface area (Å²) in [5.74, 6) is 0.205. The number of amides is 1. The minimum Gasteiger partial charge on any atom is -0.383 e. The number of methoxy groups -OCH3 is 1. The molecule has 0 atom stereocenters. The van der Waals surface area contributed by atoms with Crippen molar-refractivity contribution >= 4 is 35.8 Å². The van der Waals surface area contributed by atoms with Crippen LogP contribution in [-0.4, -0.2) is 51.8 Å². The van der Waals surface area contributed by atoms with Gasteiger partial charge in [-0.3, -0.25) is 4.79 Å². The summed E-state index contributed by atoms with van der Waals surface area (Å²) in [5, 5.41) is 8.98. The van der Waals surface area contributed by atoms with Gasteiger partial charge < -0.3 is 20.7 Å². The minimum absolute atomic E-state index is 0. The van der Waals surface area contributed by atoms with Crippen LogP contribution in [0.1, 0.15) is 18.1 Å². The van der Waals surface area contributed by atoms with Gasteiger partial charge in [-0.1, -0.05) is 6.07 Å². The summed E-state index contributed by atoms with van der Waals surface area (Å²) >= 11 is 0. The largest absolute Gasteiger partial charge is 0.383 e. The van der Waals surface area contributed by atoms with Crippen LogP contribution in [0.15, 0.2) is 23.2 Å². The Morgan fingerprint density at radius 1 is 1.24 bits per heavy atom. The van der Waals surface area contributed by atoms with E-state index in [1.807, 2.05) is 13.8 Å². The highest BCUT2D eigenvalue weighted by Gasteiger charge is 2.03. The number of hydrogen-bond acceptors (Lipinski definition) is 3. The number of nitrogens with zero attached hydrogens (tertiary/aromatic N) is 1. The lowest BCUT2D eigenvalue weighted by atomic mass is 10.1. The van der Waals surface area contributed by atoms with E-state index in [0.29, 0.717) is 32.2 Å². The van der Waals surface area contributed by atoms with E-state index in [9.17, 15) is 9.18 Å². The minimum atomic E-state index is -0.224. The van der Waals surface area contributed by atoms with Gasteiger partial charge in [0.2, 0.25) is 5.91 Å². The molecule has 0 aliphatic heterocycles. The van der Waals surface area contributed by atoms with Gasteiger partial charge >= 0.3 is 0 Å². The van der Waals surface area contributed by atoms with E-state index in [1.54, 1.807) is 13.2 Å². The normalized spacial score (nSPS) is 10.8. The fourth-order valence-corrected chi connectivity index (χ4v) is 2.10. The third-order valence-electron chi connectivity index (χ3n) is 3.34. The Hall–Kier alpha value is -1.42. The molecule has 0 unspecified atom stereocenters. The average Bonchev–Trinajstić information content (AvgIpc) is 2.55. The third kappa shape index (κ3) is 10.2. The molecule has 0 fully saturated rings. The molecule has 0 aliphatic carbocycles. The summed E-state index contributed by atoms with van der Waals surface area (Å²) in [5.41, 5.74) is 2.01. The molecule has 0 saturated heterocycles. The lowest BCUT2D eigenvalue weighted by Crippen LogP contribution is -2.39. The van der Waals surface area contributed by atoms with E-state index in [-0.39, 0.29) is 42.2 Å². The van der Waals surface area contributed by atoms with Gasteiger partial charge in [0, 0.05) is 26.7 Å². The summed E-state index contributed by atoms with van der Waals surface area (Å²) in [6.07, 6.45) is 0.747. The Morgan fingerprint density at radius 2 is 2.00 bits per heavy atom. The first-order chi connectivity index (χ1) is 11.6. The smallest absolute Gasteiger partial charge is 0.241 e. The number of nitrogens with one attached hydrogen (secondary N) is 3. The van der Waals surface area contributed by atoms with Crippen molar-refractivity contribution < 1.29 is 13.9 Å². The van der Waals surface area contributed by atoms with Crippen LogP contribution in [0.2, 0.25) is 0 Å². The molecule has 6 nitrogen and oxygen atoms in total. The summed E-state index contributed by atoms with van der Waals surface area (Å²) < 4.78 is 18.0. The fraction of sp³-hybridized carbons (Fsp3) is 0.529. The van der Waals surface area contributed by atoms with E-state index < -0.39 is 0 Å². The molecule has 1 amide bonds. The maximum Gasteiger partial charge on any atom is 0.241 e. The zero-order chi connectivity index (χ0) is 17.8. The van der Waals surface area contributed by atoms with Crippen molar-refractivity contribution in [2.75, 3.05) is 39.9 Å². The van der Waals surface area contributed by atoms with Crippen LogP contribution < -0.4 is 16.0 Å². The van der Waals surface area contributed by atoms with Crippen molar-refractivity contribution in [2.24, 2.45) is 4.99 Å². The molecule has 0 radical (unpaired) electrons. The molecule has 25 heavy (non-hydrogen) atoms. The predicted octanol–water partition coefficient (Wildman–Crippen LogP) is 1.61. The monoisotopic (exact) mass is 466 g/mol. The quantitative estimate of drug-likeness (QED) is 0.224. The van der Waals surface area contributed by atoms with Gasteiger partial charge in [0.05, 0.1) is 6.61 Å². The highest BCUT2D eigenvalue weighted by Crippen LogP contribution is 2.10. The van der Waals surface area contributed by atoms with Crippen LogP contribution in [-0.2, 0) is 16.0 Å². The molecule has 8 heteroatoms. The number of guanidine groups is 1. The number of ether oxygens (including phenoxy) is 1. The lowest BCUT2D eigenvalue weighted by molar-refractivity contribution is -0.119. The standard InChI is InChI=1S/C17H27FN4O2.HI/c1-4-19-17(22-12-16(23)20-9-10-24-3)21-8-7-14-5-6-15(18)11-13(14)2;/h5-6,11H,4,7-10,12H2,1-3H3,(H,20,23)(H2,19,21,22);1H. The van der Waals surface area contributed by atoms with Gasteiger partial charge in [-0.05, 0) is 43.5 Å². The number of aliphatic imine (C=N–C) groups is 1. The second-order valence-corrected chi connectivity index (χ2v) is 5.29. The molecule has 0 bridgehead atoms. The number of benzene rings is 1. The summed E-state index contributed by atoms with van der Waals surface area (Å²) in [6, 6.07) is 4.78. The van der Waals surface area contributed by atoms with Crippen molar-refractivity contribution in [3.05, 3.63) is 35.1 Å². The Bertz CT molecular complexity index is 555. The van der Waals surface area contributed by atoms with E-state index in [1.165, 1.54) is 12.1 Å². The Kier molecular flexibility index (Phi) is 13.0. The van der Waals surface area contributed by atoms with Crippen LogP contribution in [0.25, 0.3) is 0 Å². The Morgan fingerprint density at radius 3 is 2.64 bits per heavy atom. The molecule has 0 aromatic heterocycles. The third-order valence-corrected chi connectivity index (χ3v) is 3.34. The van der Waals surface area contributed by atoms with Crippen molar-refractivity contribution in [3.63, 3.8) is 0 Å². The number of halogens is 2. The molecule has 0 saturated carbocycles. The van der Waals surface area contributed by atoms with Gasteiger partial charge in [-0.25, -0.2) is 9.38 Å². The number of carbonyl (C=O) groups is 1. The second kappa shape index (κ2) is 13.8. The molecule has 0 spiro atoms. The van der Waals surface area contributed by atoms with Crippen molar-refractivity contribution in [1.29, 1.82) is 0 Å². The van der Waals surface area contributed by atoms with E-state index >= 15 is 0 Å². The van der Waals surface area contributed by atoms with Crippen molar-refractivity contribution in [1.82, 2.24) is 16.0 Å². The fourth-order valence-electron chi connectivity index (χ4n) is 2.10. The van der Waals surface area contributed by atoms with Gasteiger partial charge in [0.15, 0.2) is 5.96 Å². The maximum atomic E-state index is 13.1. The SMILES string of the molecule is CCNC(=NCC(=O)NCCOC)NCCc1ccc(F)cc1C.I. The first-order valence-corrected chi connectivity index (χ1v) is 8.09. The van der Waals surface area contributed by atoms with Crippen LogP contribution in [0, 0.1) is 12.7 Å². The number of carbonyl (C=O) groups excluding carboxylic acids is 1. The van der Waals surface area contributed by atoms with Gasteiger partial charge in [0.1, 0.15) is 12.4 Å². The van der Waals surface area contributed by atoms with Crippen LogP contribution in [0.4, 0.5) is 4.39 Å². The van der Waals surface area contributed by atoms with Crippen molar-refractivity contribution in [3.8, 4) is 0 Å². The summed E-state index contributed by atoms with van der Waals surface area (Å²) in [7, 11) is 1.58. The Balaban J connectivity index is 0.00000576. The number of aryl methyl sites for hydroxylation is 1. The van der Waals surface area contributed by atoms with E-state index in [4.69, 9.17) is 4.74 Å². The molecular weight excluding hydrogens is 438 g/mol. The van der Waals surface area contributed by atoms with Crippen LogP contribution in [0.5, 0.6) is 0 Å². The summed E-state index contributed by atoms with van der Waals surface area (Å²) in [4.78, 5) is 15.9. The van der Waals surface area contributed by atoms with Crippen molar-refractivity contribution in [2.45, 2.75) is 20.3 Å². The highest BCUT2D eigenvalue weighted by atomic mass is 127. The Labute approximate surface area is 166 Å². The van der Waals surface area contributed by atoms with E-state index in [2.05, 4.69) is 20.9 Å². The molecular formula is C17H28FIN4O2. The van der Waals surface area contributed by atoms with Gasteiger partial charge in [0.25, 0.3) is 0 Å². The topological polar surface area (TPSA) is 74.8 Å². The highest BCUT2D eigenvalue weighted by molar-refractivity contribution is 14.0. The lowest BCUT2D eigenvalue weighted by Gasteiger charge is -2.12. The molecule has 0 aliphatic rings. The van der Waals surface area contributed by atoms with Crippen LogP contribution >= 0.6 is 24.0 Å². The second-order valence-electron chi connectivity index (χ2n) is 5.29. The number of hydrogen-bond donors (Lipinski definition) is 3. The zero-order valence-corrected chi connectivity index (χ0v) is 17.4. The summed E-state index contributed by atoms with van der Waals surface area (Å²) in [6.45, 7) is 6.19. The van der Waals surface area contributed by atoms with Gasteiger partial charge in [-0.2, -0.15) is 0 Å². The molecule has 1 aromatic rings. The molecule has 1 rings (SSSR count). The molecule has 1 aromatic carbocycles. The molecule has 3 N–H and O–H groups in total. The first kappa shape index (κ1) is 23.6. The molecule has 142 valence electrons.